The van der Waals surface area contributed by atoms with Gasteiger partial charge < -0.3 is 11.5 Å². The Bertz CT molecular complexity index is 505. The summed E-state index contributed by atoms with van der Waals surface area (Å²) in [7, 11) is 0. The van der Waals surface area contributed by atoms with Crippen LogP contribution >= 0.6 is 27.3 Å². The molecule has 0 aromatic carbocycles. The average molecular weight is 287 g/mol. The highest BCUT2D eigenvalue weighted by molar-refractivity contribution is 9.10. The van der Waals surface area contributed by atoms with Gasteiger partial charge in [-0.2, -0.15) is 5.10 Å². The fraction of sp³-hybridized carbons (Fsp3) is 0. The molecule has 7 heteroatoms. The van der Waals surface area contributed by atoms with Crippen molar-refractivity contribution >= 4 is 38.9 Å². The number of primary amides is 1. The van der Waals surface area contributed by atoms with Crippen molar-refractivity contribution in [2.75, 3.05) is 5.73 Å². The van der Waals surface area contributed by atoms with Gasteiger partial charge in [-0.1, -0.05) is 0 Å². The van der Waals surface area contributed by atoms with Crippen molar-refractivity contribution in [2.24, 2.45) is 5.73 Å². The number of nitrogens with one attached hydrogen (secondary N) is 1. The van der Waals surface area contributed by atoms with E-state index in [1.165, 1.54) is 11.3 Å². The van der Waals surface area contributed by atoms with Gasteiger partial charge in [-0.25, -0.2) is 0 Å². The molecule has 0 aliphatic carbocycles. The molecule has 2 heterocycles. The maximum Gasteiger partial charge on any atom is 0.260 e. The van der Waals surface area contributed by atoms with Gasteiger partial charge in [0, 0.05) is 11.8 Å². The van der Waals surface area contributed by atoms with E-state index in [9.17, 15) is 4.79 Å². The van der Waals surface area contributed by atoms with Crippen molar-refractivity contribution in [1.29, 1.82) is 0 Å². The molecule has 0 unspecified atom stereocenters. The SMILES string of the molecule is NC(=O)c1sc(-c2cn[nH]c2)c(Br)c1N. The lowest BCUT2D eigenvalue weighted by Gasteiger charge is -1.92. The molecule has 0 aliphatic rings. The Morgan fingerprint density at radius 2 is 2.33 bits per heavy atom. The van der Waals surface area contributed by atoms with Gasteiger partial charge in [0.1, 0.15) is 4.88 Å². The van der Waals surface area contributed by atoms with Crippen LogP contribution in [0.4, 0.5) is 5.69 Å². The summed E-state index contributed by atoms with van der Waals surface area (Å²) in [6.45, 7) is 0. The summed E-state index contributed by atoms with van der Waals surface area (Å²) in [5.41, 5.74) is 12.2. The number of nitrogens with zero attached hydrogens (tertiary/aromatic N) is 1. The quantitative estimate of drug-likeness (QED) is 0.782. The van der Waals surface area contributed by atoms with Crippen molar-refractivity contribution in [3.63, 3.8) is 0 Å². The van der Waals surface area contributed by atoms with Crippen LogP contribution in [0.15, 0.2) is 16.9 Å². The van der Waals surface area contributed by atoms with Crippen LogP contribution in [0.5, 0.6) is 0 Å². The number of aromatic amines is 1. The minimum absolute atomic E-state index is 0.359. The highest BCUT2D eigenvalue weighted by Gasteiger charge is 2.18. The highest BCUT2D eigenvalue weighted by Crippen LogP contribution is 2.41. The number of H-pyrrole nitrogens is 1. The predicted octanol–water partition coefficient (Wildman–Crippen LogP) is 1.58. The topological polar surface area (TPSA) is 97.8 Å². The van der Waals surface area contributed by atoms with E-state index in [0.717, 1.165) is 10.4 Å². The number of amides is 1. The Kier molecular flexibility index (Phi) is 2.49. The lowest BCUT2D eigenvalue weighted by atomic mass is 10.3. The number of rotatable bonds is 2. The van der Waals surface area contributed by atoms with E-state index in [-0.39, 0.29) is 0 Å². The molecule has 78 valence electrons. The molecule has 5 N–H and O–H groups in total. The first-order valence-electron chi connectivity index (χ1n) is 3.98. The molecular weight excluding hydrogens is 280 g/mol. The molecule has 0 saturated heterocycles. The summed E-state index contributed by atoms with van der Waals surface area (Å²) in [5, 5.41) is 6.52. The number of anilines is 1. The number of hydrogen-bond donors (Lipinski definition) is 3. The van der Waals surface area contributed by atoms with Gasteiger partial charge in [0.05, 0.1) is 21.2 Å². The fourth-order valence-corrected chi connectivity index (χ4v) is 2.91. The van der Waals surface area contributed by atoms with E-state index in [4.69, 9.17) is 11.5 Å². The van der Waals surface area contributed by atoms with Crippen molar-refractivity contribution in [2.45, 2.75) is 0 Å². The lowest BCUT2D eigenvalue weighted by molar-refractivity contribution is 0.100. The molecule has 0 spiro atoms. The van der Waals surface area contributed by atoms with Crippen LogP contribution in [-0.4, -0.2) is 16.1 Å². The summed E-state index contributed by atoms with van der Waals surface area (Å²) in [6.07, 6.45) is 3.38. The molecule has 0 atom stereocenters. The number of nitrogen functional groups attached to an aromatic ring is 1. The summed E-state index contributed by atoms with van der Waals surface area (Å²) < 4.78 is 0.683. The first-order chi connectivity index (χ1) is 7.11. The maximum atomic E-state index is 11.1. The van der Waals surface area contributed by atoms with Crippen molar-refractivity contribution in [3.05, 3.63) is 21.7 Å². The van der Waals surface area contributed by atoms with E-state index in [1.54, 1.807) is 12.4 Å². The number of aromatic nitrogens is 2. The van der Waals surface area contributed by atoms with Crippen molar-refractivity contribution in [3.8, 4) is 10.4 Å². The number of thiophene rings is 1. The summed E-state index contributed by atoms with van der Waals surface area (Å²) >= 11 is 4.57. The Labute approximate surface area is 97.6 Å². The molecule has 2 rings (SSSR count). The van der Waals surface area contributed by atoms with Gasteiger partial charge in [-0.3, -0.25) is 9.89 Å². The first-order valence-corrected chi connectivity index (χ1v) is 5.59. The van der Waals surface area contributed by atoms with E-state index in [0.29, 0.717) is 15.0 Å². The molecule has 0 fully saturated rings. The Morgan fingerprint density at radius 1 is 1.60 bits per heavy atom. The van der Waals surface area contributed by atoms with Crippen molar-refractivity contribution < 1.29 is 4.79 Å². The van der Waals surface area contributed by atoms with Crippen LogP contribution in [0, 0.1) is 0 Å². The second kappa shape index (κ2) is 3.67. The van der Waals surface area contributed by atoms with Gasteiger partial charge in [-0.15, -0.1) is 11.3 Å². The molecule has 0 bridgehead atoms. The summed E-state index contributed by atoms with van der Waals surface area (Å²) in [4.78, 5) is 12.3. The molecular formula is C8H7BrN4OS. The monoisotopic (exact) mass is 286 g/mol. The zero-order chi connectivity index (χ0) is 11.0. The van der Waals surface area contributed by atoms with Gasteiger partial charge in [0.25, 0.3) is 5.91 Å². The maximum absolute atomic E-state index is 11.1. The van der Waals surface area contributed by atoms with Crippen LogP contribution in [-0.2, 0) is 0 Å². The van der Waals surface area contributed by atoms with Gasteiger partial charge in [-0.05, 0) is 15.9 Å². The zero-order valence-electron chi connectivity index (χ0n) is 7.45. The largest absolute Gasteiger partial charge is 0.396 e. The number of carbonyl (C=O) groups excluding carboxylic acids is 1. The third kappa shape index (κ3) is 1.64. The van der Waals surface area contributed by atoms with Crippen molar-refractivity contribution in [1.82, 2.24) is 10.2 Å². The van der Waals surface area contributed by atoms with E-state index in [1.807, 2.05) is 0 Å². The molecule has 5 nitrogen and oxygen atoms in total. The summed E-state index contributed by atoms with van der Waals surface area (Å²) in [6, 6.07) is 0. The first kappa shape index (κ1) is 10.2. The Hall–Kier alpha value is -1.34. The number of hydrogen-bond acceptors (Lipinski definition) is 4. The normalized spacial score (nSPS) is 10.5. The lowest BCUT2D eigenvalue weighted by Crippen LogP contribution is -2.10. The molecule has 2 aromatic rings. The molecule has 2 aromatic heterocycles. The zero-order valence-corrected chi connectivity index (χ0v) is 9.85. The molecule has 1 amide bonds. The molecule has 0 radical (unpaired) electrons. The van der Waals surface area contributed by atoms with Gasteiger partial charge in [0.2, 0.25) is 0 Å². The third-order valence-electron chi connectivity index (χ3n) is 1.87. The minimum Gasteiger partial charge on any atom is -0.396 e. The van der Waals surface area contributed by atoms with Crippen LogP contribution in [0.3, 0.4) is 0 Å². The number of halogens is 1. The fourth-order valence-electron chi connectivity index (χ4n) is 1.17. The smallest absolute Gasteiger partial charge is 0.260 e. The second-order valence-electron chi connectivity index (χ2n) is 2.84. The van der Waals surface area contributed by atoms with E-state index < -0.39 is 5.91 Å². The number of nitrogens with two attached hydrogens (primary N) is 2. The predicted molar refractivity (Wildman–Crippen MR) is 62.5 cm³/mol. The highest BCUT2D eigenvalue weighted by atomic mass is 79.9. The molecule has 0 aliphatic heterocycles. The van der Waals surface area contributed by atoms with E-state index in [2.05, 4.69) is 26.1 Å². The second-order valence-corrected chi connectivity index (χ2v) is 4.65. The molecule has 15 heavy (non-hydrogen) atoms. The van der Waals surface area contributed by atoms with Gasteiger partial charge in [0.15, 0.2) is 0 Å². The number of carbonyl (C=O) groups is 1. The average Bonchev–Trinajstić information content (AvgIpc) is 2.77. The van der Waals surface area contributed by atoms with E-state index >= 15 is 0 Å². The third-order valence-corrected chi connectivity index (χ3v) is 4.22. The van der Waals surface area contributed by atoms with Crippen LogP contribution in [0.1, 0.15) is 9.67 Å². The summed E-state index contributed by atoms with van der Waals surface area (Å²) in [5.74, 6) is -0.520. The molecule has 0 saturated carbocycles. The van der Waals surface area contributed by atoms with Crippen LogP contribution in [0.25, 0.3) is 10.4 Å². The van der Waals surface area contributed by atoms with Crippen LogP contribution < -0.4 is 11.5 Å². The Balaban J connectivity index is 2.60. The standard InChI is InChI=1S/C8H7BrN4OS/c9-4-5(10)7(8(11)14)15-6(4)3-1-12-13-2-3/h1-2H,10H2,(H2,11,14)(H,12,13). The van der Waals surface area contributed by atoms with Crippen LogP contribution in [0.2, 0.25) is 0 Å². The Morgan fingerprint density at radius 3 is 2.80 bits per heavy atom. The minimum atomic E-state index is -0.520. The van der Waals surface area contributed by atoms with Gasteiger partial charge >= 0.3 is 0 Å².